The summed E-state index contributed by atoms with van der Waals surface area (Å²) >= 11 is 0. The van der Waals surface area contributed by atoms with Crippen molar-refractivity contribution in [2.24, 2.45) is 0 Å². The number of rotatable bonds is 3. The molecule has 0 unspecified atom stereocenters. The Kier molecular flexibility index (Phi) is 5.23. The Morgan fingerprint density at radius 3 is 2.33 bits per heavy atom. The van der Waals surface area contributed by atoms with Gasteiger partial charge in [0.05, 0.1) is 5.60 Å². The van der Waals surface area contributed by atoms with Crippen molar-refractivity contribution in [3.8, 4) is 0 Å². The maximum absolute atomic E-state index is 5.70. The van der Waals surface area contributed by atoms with E-state index in [9.17, 15) is 0 Å². The molecule has 72 valence electrons. The Labute approximate surface area is 76.8 Å². The molecule has 0 saturated heterocycles. The van der Waals surface area contributed by atoms with Crippen LogP contribution in [0.5, 0.6) is 0 Å². The van der Waals surface area contributed by atoms with Gasteiger partial charge in [-0.25, -0.2) is 0 Å². The minimum atomic E-state index is 0. The third-order valence-corrected chi connectivity index (χ3v) is 2.50. The van der Waals surface area contributed by atoms with Crippen molar-refractivity contribution in [3.05, 3.63) is 12.7 Å². The van der Waals surface area contributed by atoms with E-state index < -0.39 is 0 Å². The summed E-state index contributed by atoms with van der Waals surface area (Å²) in [4.78, 5) is 0. The molecule has 0 amide bonds. The average molecular weight is 170 g/mol. The first-order chi connectivity index (χ1) is 5.33. The minimum absolute atomic E-state index is 0. The van der Waals surface area contributed by atoms with Crippen LogP contribution < -0.4 is 0 Å². The van der Waals surface area contributed by atoms with Gasteiger partial charge in [-0.3, -0.25) is 0 Å². The van der Waals surface area contributed by atoms with Crippen LogP contribution in [0.15, 0.2) is 12.7 Å². The molecule has 1 heteroatoms. The second kappa shape index (κ2) is 5.36. The topological polar surface area (TPSA) is 9.23 Å². The highest BCUT2D eigenvalue weighted by Crippen LogP contribution is 2.32. The maximum Gasteiger partial charge on any atom is 0.0859 e. The van der Waals surface area contributed by atoms with Crippen LogP contribution in [-0.4, -0.2) is 12.2 Å². The maximum atomic E-state index is 5.70. The Hall–Kier alpha value is -0.300. The molecule has 0 aromatic carbocycles. The lowest BCUT2D eigenvalue weighted by Crippen LogP contribution is -2.32. The molecule has 0 aromatic rings. The Bertz CT molecular complexity index is 117. The van der Waals surface area contributed by atoms with Crippen molar-refractivity contribution >= 4 is 0 Å². The molecule has 1 nitrogen and oxygen atoms in total. The Balaban J connectivity index is 0.00000121. The summed E-state index contributed by atoms with van der Waals surface area (Å²) in [6.07, 6.45) is 8.30. The summed E-state index contributed by atoms with van der Waals surface area (Å²) < 4.78 is 5.70. The molecule has 1 fully saturated rings. The summed E-state index contributed by atoms with van der Waals surface area (Å²) in [6, 6.07) is 0. The first-order valence-corrected chi connectivity index (χ1v) is 4.60. The number of ether oxygens (including phenoxy) is 1. The van der Waals surface area contributed by atoms with Gasteiger partial charge in [0.2, 0.25) is 0 Å². The molecule has 1 rings (SSSR count). The zero-order valence-corrected chi connectivity index (χ0v) is 7.44. The van der Waals surface area contributed by atoms with E-state index in [1.54, 1.807) is 0 Å². The lowest BCUT2D eigenvalue weighted by molar-refractivity contribution is -0.0265. The van der Waals surface area contributed by atoms with Gasteiger partial charge in [-0.05, 0) is 19.8 Å². The van der Waals surface area contributed by atoms with Crippen molar-refractivity contribution < 1.29 is 4.74 Å². The molecular formula is C11H22O. The highest BCUT2D eigenvalue weighted by atomic mass is 16.5. The molecule has 12 heavy (non-hydrogen) atoms. The van der Waals surface area contributed by atoms with Gasteiger partial charge in [0.1, 0.15) is 0 Å². The van der Waals surface area contributed by atoms with Gasteiger partial charge in [0, 0.05) is 6.61 Å². The van der Waals surface area contributed by atoms with Crippen LogP contribution in [0.3, 0.4) is 0 Å². The summed E-state index contributed by atoms with van der Waals surface area (Å²) in [5.74, 6) is 0. The van der Waals surface area contributed by atoms with Gasteiger partial charge >= 0.3 is 0 Å². The third kappa shape index (κ3) is 2.63. The molecule has 1 aliphatic carbocycles. The van der Waals surface area contributed by atoms with Crippen LogP contribution in [0.4, 0.5) is 0 Å². The summed E-state index contributed by atoms with van der Waals surface area (Å²) in [5.41, 5.74) is 0.0347. The van der Waals surface area contributed by atoms with E-state index in [1.165, 1.54) is 32.1 Å². The second-order valence-corrected chi connectivity index (χ2v) is 3.26. The normalized spacial score (nSPS) is 21.1. The smallest absolute Gasteiger partial charge is 0.0859 e. The van der Waals surface area contributed by atoms with Crippen molar-refractivity contribution in [2.45, 2.75) is 52.1 Å². The minimum Gasteiger partial charge on any atom is -0.371 e. The van der Waals surface area contributed by atoms with Crippen LogP contribution >= 0.6 is 0 Å². The van der Waals surface area contributed by atoms with E-state index >= 15 is 0 Å². The summed E-state index contributed by atoms with van der Waals surface area (Å²) in [7, 11) is 0. The van der Waals surface area contributed by atoms with Gasteiger partial charge in [-0.15, -0.1) is 6.58 Å². The molecule has 0 N–H and O–H groups in total. The van der Waals surface area contributed by atoms with Crippen LogP contribution in [0.2, 0.25) is 0 Å². The first kappa shape index (κ1) is 11.7. The van der Waals surface area contributed by atoms with Crippen LogP contribution in [0, 0.1) is 0 Å². The quantitative estimate of drug-likeness (QED) is 0.589. The zero-order chi connectivity index (χ0) is 8.16. The summed E-state index contributed by atoms with van der Waals surface area (Å²) in [5, 5.41) is 0. The molecule has 0 aromatic heterocycles. The predicted molar refractivity (Wildman–Crippen MR) is 54.4 cm³/mol. The molecule has 1 aliphatic rings. The molecule has 0 heterocycles. The van der Waals surface area contributed by atoms with Crippen molar-refractivity contribution in [3.63, 3.8) is 0 Å². The van der Waals surface area contributed by atoms with Gasteiger partial charge < -0.3 is 4.74 Å². The number of hydrogen-bond donors (Lipinski definition) is 0. The fourth-order valence-corrected chi connectivity index (χ4v) is 1.85. The zero-order valence-electron chi connectivity index (χ0n) is 7.44. The highest BCUT2D eigenvalue weighted by molar-refractivity contribution is 4.99. The SMILES string of the molecule is C.C=CC1(OCC)CCCCC1. The van der Waals surface area contributed by atoms with E-state index in [0.29, 0.717) is 0 Å². The second-order valence-electron chi connectivity index (χ2n) is 3.26. The van der Waals surface area contributed by atoms with Gasteiger partial charge in [0.25, 0.3) is 0 Å². The van der Waals surface area contributed by atoms with E-state index in [2.05, 4.69) is 13.5 Å². The summed E-state index contributed by atoms with van der Waals surface area (Å²) in [6.45, 7) is 6.72. The Morgan fingerprint density at radius 1 is 1.33 bits per heavy atom. The average Bonchev–Trinajstić information content (AvgIpc) is 2.07. The van der Waals surface area contributed by atoms with E-state index in [0.717, 1.165) is 6.61 Å². The van der Waals surface area contributed by atoms with Crippen LogP contribution in [0.25, 0.3) is 0 Å². The molecule has 0 atom stereocenters. The molecule has 1 saturated carbocycles. The highest BCUT2D eigenvalue weighted by Gasteiger charge is 2.28. The fourth-order valence-electron chi connectivity index (χ4n) is 1.85. The monoisotopic (exact) mass is 170 g/mol. The molecule has 0 bridgehead atoms. The van der Waals surface area contributed by atoms with E-state index in [-0.39, 0.29) is 13.0 Å². The van der Waals surface area contributed by atoms with E-state index in [4.69, 9.17) is 4.74 Å². The van der Waals surface area contributed by atoms with Crippen molar-refractivity contribution in [2.75, 3.05) is 6.61 Å². The number of hydrogen-bond acceptors (Lipinski definition) is 1. The van der Waals surface area contributed by atoms with Gasteiger partial charge in [-0.2, -0.15) is 0 Å². The molecule has 0 spiro atoms. The van der Waals surface area contributed by atoms with Gasteiger partial charge in [-0.1, -0.05) is 32.8 Å². The standard InChI is InChI=1S/C10H18O.CH4/c1-3-10(11-4-2)8-6-5-7-9-10;/h3H,1,4-9H2,2H3;1H4. The third-order valence-electron chi connectivity index (χ3n) is 2.50. The lowest BCUT2D eigenvalue weighted by atomic mass is 9.85. The van der Waals surface area contributed by atoms with Crippen LogP contribution in [-0.2, 0) is 4.74 Å². The first-order valence-electron chi connectivity index (χ1n) is 4.60. The van der Waals surface area contributed by atoms with E-state index in [1.807, 2.05) is 6.08 Å². The van der Waals surface area contributed by atoms with Crippen molar-refractivity contribution in [1.29, 1.82) is 0 Å². The Morgan fingerprint density at radius 2 is 1.92 bits per heavy atom. The largest absolute Gasteiger partial charge is 0.371 e. The molecule has 0 radical (unpaired) electrons. The van der Waals surface area contributed by atoms with Gasteiger partial charge in [0.15, 0.2) is 0 Å². The fraction of sp³-hybridized carbons (Fsp3) is 0.818. The predicted octanol–water partition coefficient (Wildman–Crippen LogP) is 3.55. The lowest BCUT2D eigenvalue weighted by Gasteiger charge is -2.33. The molecule has 0 aliphatic heterocycles. The van der Waals surface area contributed by atoms with Crippen LogP contribution in [0.1, 0.15) is 46.5 Å². The van der Waals surface area contributed by atoms with Crippen molar-refractivity contribution in [1.82, 2.24) is 0 Å². The molecular weight excluding hydrogens is 148 g/mol.